The second-order valence-corrected chi connectivity index (χ2v) is 6.56. The van der Waals surface area contributed by atoms with Gasteiger partial charge < -0.3 is 10.5 Å². The van der Waals surface area contributed by atoms with E-state index in [0.29, 0.717) is 12.0 Å². The van der Waals surface area contributed by atoms with E-state index in [1.54, 1.807) is 7.11 Å². The van der Waals surface area contributed by atoms with Crippen molar-refractivity contribution < 1.29 is 4.74 Å². The fourth-order valence-electron chi connectivity index (χ4n) is 3.70. The molecule has 0 spiro atoms. The Bertz CT molecular complexity index is 665. The molecule has 2 N–H and O–H groups in total. The van der Waals surface area contributed by atoms with Crippen LogP contribution in [0, 0.1) is 0 Å². The molecule has 1 aliphatic carbocycles. The van der Waals surface area contributed by atoms with Gasteiger partial charge in [0.25, 0.3) is 0 Å². The Balaban J connectivity index is 2.00. The topological polar surface area (TPSA) is 35.2 Å². The highest BCUT2D eigenvalue weighted by Crippen LogP contribution is 2.38. The van der Waals surface area contributed by atoms with Gasteiger partial charge in [0, 0.05) is 12.0 Å². The molecule has 0 saturated heterocycles. The summed E-state index contributed by atoms with van der Waals surface area (Å²) in [6, 6.07) is 15.8. The van der Waals surface area contributed by atoms with Crippen LogP contribution in [0.2, 0.25) is 0 Å². The lowest BCUT2D eigenvalue weighted by molar-refractivity contribution is 0.414. The van der Waals surface area contributed by atoms with Crippen LogP contribution < -0.4 is 10.5 Å². The van der Waals surface area contributed by atoms with Crippen LogP contribution in [0.25, 0.3) is 0 Å². The highest BCUT2D eigenvalue weighted by Gasteiger charge is 2.24. The predicted octanol–water partition coefficient (Wildman–Crippen LogP) is 4.44. The van der Waals surface area contributed by atoms with Gasteiger partial charge in [-0.2, -0.15) is 0 Å². The van der Waals surface area contributed by atoms with E-state index in [2.05, 4.69) is 49.4 Å². The molecule has 2 atom stereocenters. The van der Waals surface area contributed by atoms with Gasteiger partial charge in [0.1, 0.15) is 5.75 Å². The smallest absolute Gasteiger partial charge is 0.119 e. The Morgan fingerprint density at radius 1 is 1.09 bits per heavy atom. The molecular formula is C21H27NO. The number of rotatable bonds is 5. The largest absolute Gasteiger partial charge is 0.497 e. The third kappa shape index (κ3) is 3.42. The normalized spacial score (nSPS) is 17.8. The van der Waals surface area contributed by atoms with Crippen LogP contribution in [0.3, 0.4) is 0 Å². The highest BCUT2D eigenvalue weighted by molar-refractivity contribution is 5.47. The lowest BCUT2D eigenvalue weighted by atomic mass is 9.83. The van der Waals surface area contributed by atoms with Crippen LogP contribution in [0.4, 0.5) is 0 Å². The molecule has 0 radical (unpaired) electrons. The number of fused-ring (bicyclic) bond motifs is 2. The van der Waals surface area contributed by atoms with E-state index in [0.717, 1.165) is 37.9 Å². The van der Waals surface area contributed by atoms with Crippen LogP contribution in [-0.4, -0.2) is 13.2 Å². The van der Waals surface area contributed by atoms with E-state index in [1.807, 2.05) is 0 Å². The summed E-state index contributed by atoms with van der Waals surface area (Å²) >= 11 is 0. The van der Waals surface area contributed by atoms with Gasteiger partial charge in [0.05, 0.1) is 7.11 Å². The van der Waals surface area contributed by atoms with Gasteiger partial charge in [-0.25, -0.2) is 0 Å². The zero-order valence-corrected chi connectivity index (χ0v) is 14.2. The SMILES string of the molecule is CCC(N)CCC1c2ccccc2CCc2cc(OC)ccc21. The van der Waals surface area contributed by atoms with Crippen LogP contribution in [0.15, 0.2) is 42.5 Å². The van der Waals surface area contributed by atoms with Gasteiger partial charge in [-0.3, -0.25) is 0 Å². The van der Waals surface area contributed by atoms with Crippen LogP contribution in [0.5, 0.6) is 5.75 Å². The third-order valence-electron chi connectivity index (χ3n) is 5.17. The van der Waals surface area contributed by atoms with Crippen molar-refractivity contribution in [3.8, 4) is 5.75 Å². The number of hydrogen-bond donors (Lipinski definition) is 1. The standard InChI is InChI=1S/C21H27NO/c1-3-17(22)10-12-21-19-7-5-4-6-15(19)8-9-16-14-18(23-2)11-13-20(16)21/h4-7,11,13-14,17,21H,3,8-10,12,22H2,1-2H3. The zero-order chi connectivity index (χ0) is 16.2. The first-order valence-corrected chi connectivity index (χ1v) is 8.73. The van der Waals surface area contributed by atoms with E-state index in [4.69, 9.17) is 10.5 Å². The maximum Gasteiger partial charge on any atom is 0.119 e. The summed E-state index contributed by atoms with van der Waals surface area (Å²) in [6.07, 6.45) is 5.42. The Morgan fingerprint density at radius 3 is 2.61 bits per heavy atom. The number of aryl methyl sites for hydroxylation is 2. The fraction of sp³-hybridized carbons (Fsp3) is 0.429. The molecule has 2 aromatic rings. The molecule has 2 unspecified atom stereocenters. The number of nitrogens with two attached hydrogens (primary N) is 1. The summed E-state index contributed by atoms with van der Waals surface area (Å²) in [5, 5.41) is 0. The molecule has 0 saturated carbocycles. The summed E-state index contributed by atoms with van der Waals surface area (Å²) in [5.74, 6) is 1.41. The number of methoxy groups -OCH3 is 1. The van der Waals surface area contributed by atoms with Crippen molar-refractivity contribution in [2.24, 2.45) is 5.73 Å². The predicted molar refractivity (Wildman–Crippen MR) is 96.2 cm³/mol. The second-order valence-electron chi connectivity index (χ2n) is 6.56. The molecule has 2 heteroatoms. The number of ether oxygens (including phenoxy) is 1. The van der Waals surface area contributed by atoms with Crippen molar-refractivity contribution in [3.63, 3.8) is 0 Å². The molecule has 0 fully saturated rings. The van der Waals surface area contributed by atoms with Crippen LogP contribution in [-0.2, 0) is 12.8 Å². The molecule has 2 nitrogen and oxygen atoms in total. The summed E-state index contributed by atoms with van der Waals surface area (Å²) < 4.78 is 5.43. The minimum atomic E-state index is 0.298. The van der Waals surface area contributed by atoms with Crippen molar-refractivity contribution >= 4 is 0 Å². The maximum atomic E-state index is 6.19. The third-order valence-corrected chi connectivity index (χ3v) is 5.17. The number of hydrogen-bond acceptors (Lipinski definition) is 2. The van der Waals surface area contributed by atoms with Crippen LogP contribution >= 0.6 is 0 Å². The molecule has 122 valence electrons. The first kappa shape index (κ1) is 16.1. The average molecular weight is 309 g/mol. The highest BCUT2D eigenvalue weighted by atomic mass is 16.5. The molecule has 0 bridgehead atoms. The van der Waals surface area contributed by atoms with E-state index < -0.39 is 0 Å². The summed E-state index contributed by atoms with van der Waals surface area (Å²) in [7, 11) is 1.74. The molecule has 2 aromatic carbocycles. The monoisotopic (exact) mass is 309 g/mol. The van der Waals surface area contributed by atoms with Crippen molar-refractivity contribution in [1.82, 2.24) is 0 Å². The van der Waals surface area contributed by atoms with Crippen molar-refractivity contribution in [2.45, 2.75) is 51.0 Å². The molecule has 3 rings (SSSR count). The maximum absolute atomic E-state index is 6.19. The van der Waals surface area contributed by atoms with E-state index >= 15 is 0 Å². The Labute approximate surface area is 139 Å². The molecule has 0 aliphatic heterocycles. The molecule has 0 amide bonds. The van der Waals surface area contributed by atoms with Gasteiger partial charge in [-0.05, 0) is 66.5 Å². The molecule has 23 heavy (non-hydrogen) atoms. The van der Waals surface area contributed by atoms with E-state index in [9.17, 15) is 0 Å². The van der Waals surface area contributed by atoms with Crippen molar-refractivity contribution in [1.29, 1.82) is 0 Å². The quantitative estimate of drug-likeness (QED) is 0.886. The van der Waals surface area contributed by atoms with Crippen molar-refractivity contribution in [3.05, 3.63) is 64.7 Å². The summed E-state index contributed by atoms with van der Waals surface area (Å²) in [6.45, 7) is 2.17. The van der Waals surface area contributed by atoms with Crippen molar-refractivity contribution in [2.75, 3.05) is 7.11 Å². The van der Waals surface area contributed by atoms with E-state index in [-0.39, 0.29) is 0 Å². The molecule has 0 aromatic heterocycles. The van der Waals surface area contributed by atoms with Gasteiger partial charge in [-0.1, -0.05) is 37.3 Å². The Morgan fingerprint density at radius 2 is 1.83 bits per heavy atom. The molecular weight excluding hydrogens is 282 g/mol. The molecule has 1 aliphatic rings. The summed E-state index contributed by atoms with van der Waals surface area (Å²) in [4.78, 5) is 0. The number of benzene rings is 2. The van der Waals surface area contributed by atoms with Gasteiger partial charge >= 0.3 is 0 Å². The fourth-order valence-corrected chi connectivity index (χ4v) is 3.70. The summed E-state index contributed by atoms with van der Waals surface area (Å²) in [5.41, 5.74) is 12.0. The average Bonchev–Trinajstić information content (AvgIpc) is 2.76. The lowest BCUT2D eigenvalue weighted by Gasteiger charge is -2.22. The molecule has 0 heterocycles. The Kier molecular flexibility index (Phi) is 5.02. The van der Waals surface area contributed by atoms with E-state index in [1.165, 1.54) is 22.3 Å². The van der Waals surface area contributed by atoms with Gasteiger partial charge in [0.15, 0.2) is 0 Å². The first-order valence-electron chi connectivity index (χ1n) is 8.73. The Hall–Kier alpha value is -1.80. The van der Waals surface area contributed by atoms with Gasteiger partial charge in [0.2, 0.25) is 0 Å². The second kappa shape index (κ2) is 7.18. The zero-order valence-electron chi connectivity index (χ0n) is 14.2. The van der Waals surface area contributed by atoms with Gasteiger partial charge in [-0.15, -0.1) is 0 Å². The minimum Gasteiger partial charge on any atom is -0.497 e. The first-order chi connectivity index (χ1) is 11.2. The lowest BCUT2D eigenvalue weighted by Crippen LogP contribution is -2.19. The minimum absolute atomic E-state index is 0.298. The van der Waals surface area contributed by atoms with Crippen LogP contribution in [0.1, 0.15) is 54.4 Å².